The van der Waals surface area contributed by atoms with Crippen LogP contribution in [-0.4, -0.2) is 40.7 Å². The zero-order chi connectivity index (χ0) is 19.6. The van der Waals surface area contributed by atoms with Crippen LogP contribution in [0.3, 0.4) is 0 Å². The first-order valence-corrected chi connectivity index (χ1v) is 9.32. The second kappa shape index (κ2) is 5.87. The van der Waals surface area contributed by atoms with Gasteiger partial charge in [-0.25, -0.2) is 0 Å². The van der Waals surface area contributed by atoms with Crippen LogP contribution in [-0.2, 0) is 11.0 Å². The first-order chi connectivity index (χ1) is 12.5. The molecule has 1 aliphatic heterocycles. The van der Waals surface area contributed by atoms with Crippen LogP contribution >= 0.6 is 0 Å². The minimum absolute atomic E-state index is 0.0113. The van der Waals surface area contributed by atoms with Crippen LogP contribution in [0.2, 0.25) is 0 Å². The molecule has 3 aliphatic rings. The summed E-state index contributed by atoms with van der Waals surface area (Å²) in [5, 5.41) is 9.77. The second-order valence-corrected chi connectivity index (χ2v) is 8.92. The molecular formula is C20H24F3NO3. The van der Waals surface area contributed by atoms with Crippen LogP contribution in [0.15, 0.2) is 18.2 Å². The quantitative estimate of drug-likeness (QED) is 0.869. The molecule has 1 spiro atoms. The molecule has 1 amide bonds. The molecule has 4 rings (SSSR count). The van der Waals surface area contributed by atoms with Crippen LogP contribution in [0.4, 0.5) is 13.2 Å². The molecule has 3 fully saturated rings. The summed E-state index contributed by atoms with van der Waals surface area (Å²) < 4.78 is 44.3. The molecule has 1 N–H and O–H groups in total. The van der Waals surface area contributed by atoms with E-state index in [1.54, 1.807) is 6.92 Å². The maximum Gasteiger partial charge on any atom is 0.416 e. The number of nitrogens with zero attached hydrogens (tertiary/aromatic N) is 1. The predicted molar refractivity (Wildman–Crippen MR) is 92.2 cm³/mol. The highest BCUT2D eigenvalue weighted by Crippen LogP contribution is 2.51. The molecule has 4 nitrogen and oxygen atoms in total. The molecule has 1 saturated heterocycles. The Morgan fingerprint density at radius 1 is 1.22 bits per heavy atom. The van der Waals surface area contributed by atoms with Crippen molar-refractivity contribution in [2.45, 2.75) is 57.4 Å². The van der Waals surface area contributed by atoms with E-state index in [4.69, 9.17) is 4.74 Å². The summed E-state index contributed by atoms with van der Waals surface area (Å²) in [4.78, 5) is 14.2. The van der Waals surface area contributed by atoms with Gasteiger partial charge >= 0.3 is 6.18 Å². The fraction of sp³-hybridized carbons (Fsp3) is 0.650. The highest BCUT2D eigenvalue weighted by atomic mass is 19.4. The number of amides is 1. The lowest BCUT2D eigenvalue weighted by Crippen LogP contribution is -2.67. The van der Waals surface area contributed by atoms with Crippen LogP contribution < -0.4 is 4.74 Å². The van der Waals surface area contributed by atoms with Gasteiger partial charge in [-0.2, -0.15) is 13.2 Å². The molecule has 0 atom stereocenters. The topological polar surface area (TPSA) is 49.8 Å². The minimum Gasteiger partial charge on any atom is -0.490 e. The smallest absolute Gasteiger partial charge is 0.416 e. The van der Waals surface area contributed by atoms with Gasteiger partial charge in [0, 0.05) is 24.4 Å². The van der Waals surface area contributed by atoms with Crippen LogP contribution in [0.25, 0.3) is 0 Å². The Morgan fingerprint density at radius 2 is 1.85 bits per heavy atom. The third-order valence-corrected chi connectivity index (χ3v) is 6.21. The zero-order valence-corrected chi connectivity index (χ0v) is 15.5. The van der Waals surface area contributed by atoms with Gasteiger partial charge in [0.25, 0.3) is 0 Å². The number of hydrogen-bond donors (Lipinski definition) is 1. The normalized spacial score (nSPS) is 29.7. The highest BCUT2D eigenvalue weighted by Gasteiger charge is 2.56. The number of halogens is 3. The number of benzene rings is 1. The maximum absolute atomic E-state index is 12.8. The standard InChI is InChI=1S/C20H24F3NO3/c1-12-5-14(3-4-16(12)20(21,22)23)27-15-8-19(9-15)10-24(11-19)17(25)13-6-18(2,26)7-13/h3-5,13,15,26H,6-11H2,1-2H3/t13-,18+. The van der Waals surface area contributed by atoms with Gasteiger partial charge in [0.1, 0.15) is 11.9 Å². The van der Waals surface area contributed by atoms with E-state index in [9.17, 15) is 23.1 Å². The van der Waals surface area contributed by atoms with Crippen LogP contribution in [0.5, 0.6) is 5.75 Å². The molecule has 1 heterocycles. The summed E-state index contributed by atoms with van der Waals surface area (Å²) in [5.74, 6) is 0.541. The molecule has 1 aromatic carbocycles. The fourth-order valence-corrected chi connectivity index (χ4v) is 4.82. The molecule has 7 heteroatoms. The summed E-state index contributed by atoms with van der Waals surface area (Å²) in [6.45, 7) is 4.63. The maximum atomic E-state index is 12.8. The highest BCUT2D eigenvalue weighted by molar-refractivity contribution is 5.81. The van der Waals surface area contributed by atoms with Gasteiger partial charge in [0.15, 0.2) is 0 Å². The number of ether oxygens (including phenoxy) is 1. The van der Waals surface area contributed by atoms with E-state index in [-0.39, 0.29) is 28.9 Å². The van der Waals surface area contributed by atoms with E-state index >= 15 is 0 Å². The summed E-state index contributed by atoms with van der Waals surface area (Å²) >= 11 is 0. The van der Waals surface area contributed by atoms with Crippen molar-refractivity contribution in [2.24, 2.45) is 11.3 Å². The zero-order valence-electron chi connectivity index (χ0n) is 15.5. The molecule has 2 saturated carbocycles. The molecule has 2 aliphatic carbocycles. The van der Waals surface area contributed by atoms with Crippen molar-refractivity contribution >= 4 is 5.91 Å². The van der Waals surface area contributed by atoms with E-state index in [0.717, 1.165) is 32.0 Å². The van der Waals surface area contributed by atoms with Crippen molar-refractivity contribution in [3.05, 3.63) is 29.3 Å². The van der Waals surface area contributed by atoms with Gasteiger partial charge in [-0.1, -0.05) is 0 Å². The van der Waals surface area contributed by atoms with E-state index in [2.05, 4.69) is 0 Å². The summed E-state index contributed by atoms with van der Waals surface area (Å²) in [6, 6.07) is 3.88. The molecular weight excluding hydrogens is 359 g/mol. The Balaban J connectivity index is 1.25. The largest absolute Gasteiger partial charge is 0.490 e. The Labute approximate surface area is 156 Å². The van der Waals surface area contributed by atoms with Crippen molar-refractivity contribution < 1.29 is 27.8 Å². The fourth-order valence-electron chi connectivity index (χ4n) is 4.82. The minimum atomic E-state index is -4.35. The first-order valence-electron chi connectivity index (χ1n) is 9.32. The molecule has 0 bridgehead atoms. The van der Waals surface area contributed by atoms with Crippen molar-refractivity contribution in [1.29, 1.82) is 0 Å². The Hall–Kier alpha value is -1.76. The first kappa shape index (κ1) is 18.6. The second-order valence-electron chi connectivity index (χ2n) is 8.92. The number of hydrogen-bond acceptors (Lipinski definition) is 3. The number of aliphatic hydroxyl groups is 1. The Kier molecular flexibility index (Phi) is 4.04. The van der Waals surface area contributed by atoms with Crippen LogP contribution in [0.1, 0.15) is 43.7 Å². The van der Waals surface area contributed by atoms with Gasteiger partial charge in [-0.3, -0.25) is 4.79 Å². The van der Waals surface area contributed by atoms with E-state index in [1.165, 1.54) is 19.1 Å². The van der Waals surface area contributed by atoms with Gasteiger partial charge in [-0.05, 0) is 63.3 Å². The van der Waals surface area contributed by atoms with Crippen LogP contribution in [0, 0.1) is 18.3 Å². The lowest BCUT2D eigenvalue weighted by Gasteiger charge is -2.59. The van der Waals surface area contributed by atoms with Gasteiger partial charge < -0.3 is 14.7 Å². The monoisotopic (exact) mass is 383 g/mol. The van der Waals surface area contributed by atoms with Gasteiger partial charge in [0.05, 0.1) is 11.2 Å². The third kappa shape index (κ3) is 3.42. The lowest BCUT2D eigenvalue weighted by molar-refractivity contribution is -0.174. The number of rotatable bonds is 3. The number of carbonyl (C=O) groups excluding carboxylic acids is 1. The van der Waals surface area contributed by atoms with E-state index in [1.807, 2.05) is 4.90 Å². The Bertz CT molecular complexity index is 752. The number of likely N-dealkylation sites (tertiary alicyclic amines) is 1. The summed E-state index contributed by atoms with van der Waals surface area (Å²) in [5.41, 5.74) is -1.07. The van der Waals surface area contributed by atoms with Gasteiger partial charge in [0.2, 0.25) is 5.91 Å². The predicted octanol–water partition coefficient (Wildman–Crippen LogP) is 3.54. The number of aryl methyl sites for hydroxylation is 1. The molecule has 1 aromatic rings. The number of carbonyl (C=O) groups is 1. The van der Waals surface area contributed by atoms with Crippen molar-refractivity contribution in [3.8, 4) is 5.75 Å². The average Bonchev–Trinajstić information content (AvgIpc) is 2.43. The molecule has 148 valence electrons. The molecule has 0 aromatic heterocycles. The van der Waals surface area contributed by atoms with Crippen molar-refractivity contribution in [2.75, 3.05) is 13.1 Å². The summed E-state index contributed by atoms with van der Waals surface area (Å²) in [6.07, 6.45) is -1.65. The lowest BCUT2D eigenvalue weighted by atomic mass is 9.61. The van der Waals surface area contributed by atoms with E-state index in [0.29, 0.717) is 18.6 Å². The molecule has 0 unspecified atom stereocenters. The van der Waals surface area contributed by atoms with E-state index < -0.39 is 17.3 Å². The molecule has 0 radical (unpaired) electrons. The SMILES string of the molecule is Cc1cc(OC2CC3(C2)CN(C(=O)[C@H]2C[C@@](C)(O)C2)C3)ccc1C(F)(F)F. The van der Waals surface area contributed by atoms with Crippen molar-refractivity contribution in [3.63, 3.8) is 0 Å². The summed E-state index contributed by atoms with van der Waals surface area (Å²) in [7, 11) is 0. The average molecular weight is 383 g/mol. The Morgan fingerprint density at radius 3 is 2.37 bits per heavy atom. The molecule has 27 heavy (non-hydrogen) atoms. The third-order valence-electron chi connectivity index (χ3n) is 6.21. The number of alkyl halides is 3. The van der Waals surface area contributed by atoms with Crippen molar-refractivity contribution in [1.82, 2.24) is 4.90 Å². The van der Waals surface area contributed by atoms with Gasteiger partial charge in [-0.15, -0.1) is 0 Å².